The summed E-state index contributed by atoms with van der Waals surface area (Å²) in [6.45, 7) is 7.35. The Hall–Kier alpha value is -1.31. The topological polar surface area (TPSA) is 93.4 Å². The zero-order valence-corrected chi connectivity index (χ0v) is 13.8. The van der Waals surface area contributed by atoms with E-state index < -0.39 is 10.0 Å². The Labute approximate surface area is 127 Å². The molecule has 6 nitrogen and oxygen atoms in total. The van der Waals surface area contributed by atoms with Crippen molar-refractivity contribution in [2.75, 3.05) is 31.3 Å². The Balaban J connectivity index is 2.94. The minimum absolute atomic E-state index is 0.110. The predicted octanol–water partition coefficient (Wildman–Crippen LogP) is 1.65. The zero-order chi connectivity index (χ0) is 16.0. The van der Waals surface area contributed by atoms with Crippen LogP contribution in [0.3, 0.4) is 0 Å². The molecule has 0 spiro atoms. The molecule has 1 rings (SSSR count). The first-order valence-corrected chi connectivity index (χ1v) is 8.47. The van der Waals surface area contributed by atoms with E-state index in [9.17, 15) is 8.42 Å². The van der Waals surface area contributed by atoms with Crippen molar-refractivity contribution in [2.24, 2.45) is 5.92 Å². The first kappa shape index (κ1) is 17.7. The first-order valence-electron chi connectivity index (χ1n) is 6.99. The van der Waals surface area contributed by atoms with Crippen LogP contribution in [0.2, 0.25) is 0 Å². The van der Waals surface area contributed by atoms with Gasteiger partial charge < -0.3 is 15.8 Å². The van der Waals surface area contributed by atoms with Gasteiger partial charge >= 0.3 is 0 Å². The molecule has 0 heterocycles. The highest BCUT2D eigenvalue weighted by Gasteiger charge is 2.17. The molecule has 0 saturated carbocycles. The second-order valence-electron chi connectivity index (χ2n) is 5.11. The molecule has 0 amide bonds. The molecule has 4 N–H and O–H groups in total. The summed E-state index contributed by atoms with van der Waals surface area (Å²) in [6.07, 6.45) is 0. The van der Waals surface area contributed by atoms with E-state index in [1.54, 1.807) is 6.07 Å². The molecule has 0 aliphatic carbocycles. The molecule has 1 aromatic rings. The van der Waals surface area contributed by atoms with Crippen molar-refractivity contribution in [2.45, 2.75) is 31.7 Å². The highest BCUT2D eigenvalue weighted by atomic mass is 32.2. The van der Waals surface area contributed by atoms with E-state index in [2.05, 4.69) is 23.9 Å². The van der Waals surface area contributed by atoms with Crippen LogP contribution in [0.5, 0.6) is 0 Å². The van der Waals surface area contributed by atoms with Gasteiger partial charge in [0.25, 0.3) is 0 Å². The summed E-state index contributed by atoms with van der Waals surface area (Å²) in [4.78, 5) is 0.152. The molecule has 7 heteroatoms. The predicted molar refractivity (Wildman–Crippen MR) is 85.8 cm³/mol. The molecule has 0 aliphatic rings. The number of benzene rings is 1. The van der Waals surface area contributed by atoms with Crippen molar-refractivity contribution >= 4 is 21.4 Å². The Morgan fingerprint density at radius 3 is 2.48 bits per heavy atom. The van der Waals surface area contributed by atoms with Crippen LogP contribution in [0.4, 0.5) is 11.4 Å². The Morgan fingerprint density at radius 2 is 2.00 bits per heavy atom. The van der Waals surface area contributed by atoms with Gasteiger partial charge in [0.2, 0.25) is 10.0 Å². The average Bonchev–Trinajstić information content (AvgIpc) is 2.44. The summed E-state index contributed by atoms with van der Waals surface area (Å²) >= 11 is 0. The van der Waals surface area contributed by atoms with E-state index in [1.165, 1.54) is 19.2 Å². The molecule has 0 fully saturated rings. The van der Waals surface area contributed by atoms with Gasteiger partial charge in [-0.2, -0.15) is 0 Å². The maximum absolute atomic E-state index is 11.7. The maximum atomic E-state index is 11.7. The second kappa shape index (κ2) is 7.63. The van der Waals surface area contributed by atoms with Gasteiger partial charge in [0.1, 0.15) is 0 Å². The van der Waals surface area contributed by atoms with E-state index in [1.807, 2.05) is 6.92 Å². The lowest BCUT2D eigenvalue weighted by molar-refractivity contribution is 0.127. The summed E-state index contributed by atoms with van der Waals surface area (Å²) in [5.41, 5.74) is 7.06. The number of rotatable bonds is 8. The van der Waals surface area contributed by atoms with Gasteiger partial charge in [-0.3, -0.25) is 0 Å². The average molecular weight is 315 g/mol. The van der Waals surface area contributed by atoms with Crippen molar-refractivity contribution in [3.8, 4) is 0 Å². The van der Waals surface area contributed by atoms with E-state index >= 15 is 0 Å². The summed E-state index contributed by atoms with van der Waals surface area (Å²) in [7, 11) is -2.11. The smallest absolute Gasteiger partial charge is 0.240 e. The Morgan fingerprint density at radius 1 is 1.33 bits per heavy atom. The van der Waals surface area contributed by atoms with Crippen LogP contribution < -0.4 is 15.8 Å². The quantitative estimate of drug-likeness (QED) is 0.634. The van der Waals surface area contributed by atoms with E-state index in [-0.39, 0.29) is 10.9 Å². The number of hydrogen-bond donors (Lipinski definition) is 3. The number of hydrogen-bond acceptors (Lipinski definition) is 5. The van der Waals surface area contributed by atoms with Gasteiger partial charge in [-0.05, 0) is 38.1 Å². The third-order valence-electron chi connectivity index (χ3n) is 3.25. The van der Waals surface area contributed by atoms with Crippen LogP contribution in [0.15, 0.2) is 23.1 Å². The van der Waals surface area contributed by atoms with Crippen LogP contribution in [0, 0.1) is 5.92 Å². The zero-order valence-electron chi connectivity index (χ0n) is 13.0. The monoisotopic (exact) mass is 315 g/mol. The minimum atomic E-state index is -3.48. The molecular weight excluding hydrogens is 290 g/mol. The summed E-state index contributed by atoms with van der Waals surface area (Å²) in [6, 6.07) is 4.77. The highest BCUT2D eigenvalue weighted by Crippen LogP contribution is 2.24. The number of nitrogens with one attached hydrogen (secondary N) is 2. The lowest BCUT2D eigenvalue weighted by Crippen LogP contribution is -2.31. The molecule has 0 radical (unpaired) electrons. The number of nitrogens with two attached hydrogens (primary N) is 1. The molecule has 0 saturated heterocycles. The lowest BCUT2D eigenvalue weighted by atomic mass is 10.0. The van der Waals surface area contributed by atoms with Gasteiger partial charge in [0.05, 0.1) is 28.9 Å². The van der Waals surface area contributed by atoms with E-state index in [0.29, 0.717) is 30.5 Å². The van der Waals surface area contributed by atoms with Crippen LogP contribution in [-0.4, -0.2) is 34.7 Å². The molecule has 120 valence electrons. The maximum Gasteiger partial charge on any atom is 0.240 e. The number of sulfonamides is 1. The Kier molecular flexibility index (Phi) is 6.44. The molecule has 0 aliphatic heterocycles. The molecular formula is C14H25N3O3S. The largest absolute Gasteiger partial charge is 0.397 e. The van der Waals surface area contributed by atoms with E-state index in [4.69, 9.17) is 10.5 Å². The fraction of sp³-hybridized carbons (Fsp3) is 0.571. The van der Waals surface area contributed by atoms with Crippen molar-refractivity contribution in [3.63, 3.8) is 0 Å². The Bertz CT molecular complexity index is 559. The minimum Gasteiger partial charge on any atom is -0.397 e. The van der Waals surface area contributed by atoms with E-state index in [0.717, 1.165) is 0 Å². The van der Waals surface area contributed by atoms with Crippen molar-refractivity contribution < 1.29 is 13.2 Å². The normalized spacial score (nSPS) is 13.4. The summed E-state index contributed by atoms with van der Waals surface area (Å²) in [5.74, 6) is 0.358. The standard InChI is InChI=1S/C14H25N3O3S/c1-5-20-9-14(10(2)3)17-13-7-6-11(8-12(13)15)21(18,19)16-4/h6-8,10,14,16-17H,5,9,15H2,1-4H3. The molecule has 0 aromatic heterocycles. The molecule has 1 atom stereocenters. The second-order valence-corrected chi connectivity index (χ2v) is 7.00. The number of anilines is 2. The number of nitrogen functional groups attached to an aromatic ring is 1. The van der Waals surface area contributed by atoms with Crippen LogP contribution in [0.1, 0.15) is 20.8 Å². The first-order chi connectivity index (χ1) is 9.81. The molecule has 1 aromatic carbocycles. The SMILES string of the molecule is CCOCC(Nc1ccc(S(=O)(=O)NC)cc1N)C(C)C. The molecule has 1 unspecified atom stereocenters. The fourth-order valence-electron chi connectivity index (χ4n) is 1.80. The molecule has 21 heavy (non-hydrogen) atoms. The third kappa shape index (κ3) is 4.87. The highest BCUT2D eigenvalue weighted by molar-refractivity contribution is 7.89. The molecule has 0 bridgehead atoms. The summed E-state index contributed by atoms with van der Waals surface area (Å²) in [5, 5.41) is 3.31. The van der Waals surface area contributed by atoms with Gasteiger partial charge in [-0.15, -0.1) is 0 Å². The van der Waals surface area contributed by atoms with Crippen LogP contribution >= 0.6 is 0 Å². The van der Waals surface area contributed by atoms with Crippen LogP contribution in [-0.2, 0) is 14.8 Å². The fourth-order valence-corrected chi connectivity index (χ4v) is 2.57. The summed E-state index contributed by atoms with van der Waals surface area (Å²) < 4.78 is 31.2. The van der Waals surface area contributed by atoms with Crippen LogP contribution in [0.25, 0.3) is 0 Å². The van der Waals surface area contributed by atoms with Gasteiger partial charge in [0.15, 0.2) is 0 Å². The van der Waals surface area contributed by atoms with Gasteiger partial charge in [-0.25, -0.2) is 13.1 Å². The van der Waals surface area contributed by atoms with Crippen molar-refractivity contribution in [1.82, 2.24) is 4.72 Å². The number of ether oxygens (including phenoxy) is 1. The van der Waals surface area contributed by atoms with Gasteiger partial charge in [0, 0.05) is 6.61 Å². The van der Waals surface area contributed by atoms with Gasteiger partial charge in [-0.1, -0.05) is 13.8 Å². The third-order valence-corrected chi connectivity index (χ3v) is 4.66. The van der Waals surface area contributed by atoms with Crippen molar-refractivity contribution in [1.29, 1.82) is 0 Å². The van der Waals surface area contributed by atoms with Crippen molar-refractivity contribution in [3.05, 3.63) is 18.2 Å². The lowest BCUT2D eigenvalue weighted by Gasteiger charge is -2.24.